The molecule has 7 nitrogen and oxygen atoms in total. The van der Waals surface area contributed by atoms with Gasteiger partial charge < -0.3 is 15.5 Å². The van der Waals surface area contributed by atoms with Crippen LogP contribution in [0.2, 0.25) is 0 Å². The van der Waals surface area contributed by atoms with Gasteiger partial charge in [-0.1, -0.05) is 30.6 Å². The van der Waals surface area contributed by atoms with Gasteiger partial charge >= 0.3 is 6.18 Å². The Morgan fingerprint density at radius 1 is 1.18 bits per heavy atom. The predicted octanol–water partition coefficient (Wildman–Crippen LogP) is 4.45. The summed E-state index contributed by atoms with van der Waals surface area (Å²) in [6, 6.07) is 7.93. The topological polar surface area (TPSA) is 64.9 Å². The zero-order valence-electron chi connectivity index (χ0n) is 22.7. The second-order valence-electron chi connectivity index (χ2n) is 9.81. The smallest absolute Gasteiger partial charge is 0.389 e. The fraction of sp³-hybridized carbons (Fsp3) is 0.333. The molecule has 0 radical (unpaired) electrons. The van der Waals surface area contributed by atoms with Gasteiger partial charge in [0.15, 0.2) is 0 Å². The van der Waals surface area contributed by atoms with Crippen molar-refractivity contribution in [1.29, 1.82) is 0 Å². The van der Waals surface area contributed by atoms with Crippen molar-refractivity contribution in [2.75, 3.05) is 45.1 Å². The predicted molar refractivity (Wildman–Crippen MR) is 151 cm³/mol. The van der Waals surface area contributed by atoms with E-state index in [-0.39, 0.29) is 23.4 Å². The van der Waals surface area contributed by atoms with Gasteiger partial charge in [-0.05, 0) is 49.4 Å². The highest BCUT2D eigenvalue weighted by Gasteiger charge is 2.34. The normalized spacial score (nSPS) is 15.0. The Morgan fingerprint density at radius 2 is 1.95 bits per heavy atom. The maximum absolute atomic E-state index is 13.9. The summed E-state index contributed by atoms with van der Waals surface area (Å²) in [6.45, 7) is 9.38. The number of benzene rings is 1. The molecule has 10 heteroatoms. The zero-order valence-corrected chi connectivity index (χ0v) is 22.7. The SMILES string of the molecule is C=C/C(=C\NCCC#Cc1cnn2ccc(C)cc12)C(=O)Nc1ccc(CN2CCN(C)CC2)c(C(F)(F)F)c1. The molecule has 1 aliphatic rings. The van der Waals surface area contributed by atoms with E-state index in [1.165, 1.54) is 24.4 Å². The van der Waals surface area contributed by atoms with Gasteiger partial charge in [-0.3, -0.25) is 9.69 Å². The molecule has 0 atom stereocenters. The fourth-order valence-corrected chi connectivity index (χ4v) is 4.38. The standard InChI is InChI=1S/C30H33F3N6O/c1-4-23(19-34-11-6-5-7-24-20-35-39-12-10-22(2)17-28(24)39)29(40)36-26-9-8-25(27(18-26)30(31,32)33)21-38-15-13-37(3)14-16-38/h4,8-10,12,17-20,34H,1,6,11,13-16,21H2,2-3H3,(H,36,40)/b23-19+. The number of anilines is 1. The van der Waals surface area contributed by atoms with Crippen LogP contribution in [0, 0.1) is 18.8 Å². The number of carbonyl (C=O) groups is 1. The number of amides is 1. The van der Waals surface area contributed by atoms with Gasteiger partial charge in [-0.15, -0.1) is 0 Å². The van der Waals surface area contributed by atoms with Crippen LogP contribution in [0.25, 0.3) is 5.52 Å². The van der Waals surface area contributed by atoms with Gasteiger partial charge in [0, 0.05) is 63.8 Å². The number of aromatic nitrogens is 2. The Bertz CT molecular complexity index is 1460. The minimum atomic E-state index is -4.54. The molecule has 2 N–H and O–H groups in total. The van der Waals surface area contributed by atoms with Gasteiger partial charge in [0.1, 0.15) is 0 Å². The molecule has 0 aliphatic carbocycles. The Morgan fingerprint density at radius 3 is 2.67 bits per heavy atom. The molecule has 3 heterocycles. The molecule has 1 aromatic carbocycles. The number of nitrogens with one attached hydrogen (secondary N) is 2. The Labute approximate surface area is 232 Å². The van der Waals surface area contributed by atoms with Crippen molar-refractivity contribution in [2.24, 2.45) is 0 Å². The number of piperazine rings is 1. The Hall–Kier alpha value is -4.07. The highest BCUT2D eigenvalue weighted by molar-refractivity contribution is 6.05. The molecule has 4 rings (SSSR count). The minimum Gasteiger partial charge on any atom is -0.389 e. The van der Waals surface area contributed by atoms with Crippen molar-refractivity contribution in [3.8, 4) is 11.8 Å². The minimum absolute atomic E-state index is 0.0710. The number of pyridine rings is 1. The van der Waals surface area contributed by atoms with Gasteiger partial charge in [-0.25, -0.2) is 4.52 Å². The molecule has 0 saturated carbocycles. The summed E-state index contributed by atoms with van der Waals surface area (Å²) in [5.74, 6) is 5.63. The number of halogens is 3. The van der Waals surface area contributed by atoms with Crippen LogP contribution in [0.5, 0.6) is 0 Å². The summed E-state index contributed by atoms with van der Waals surface area (Å²) in [6.07, 6.45) is 2.41. The number of hydrogen-bond acceptors (Lipinski definition) is 5. The maximum atomic E-state index is 13.9. The van der Waals surface area contributed by atoms with Crippen molar-refractivity contribution in [3.05, 3.63) is 89.4 Å². The van der Waals surface area contributed by atoms with Gasteiger partial charge in [-0.2, -0.15) is 18.3 Å². The van der Waals surface area contributed by atoms with E-state index in [1.807, 2.05) is 37.2 Å². The van der Waals surface area contributed by atoms with Gasteiger partial charge in [0.25, 0.3) is 5.91 Å². The summed E-state index contributed by atoms with van der Waals surface area (Å²) in [4.78, 5) is 16.9. The first-order valence-corrected chi connectivity index (χ1v) is 13.1. The van der Waals surface area contributed by atoms with E-state index in [1.54, 1.807) is 10.7 Å². The molecular formula is C30H33F3N6O. The molecule has 0 spiro atoms. The largest absolute Gasteiger partial charge is 0.416 e. The summed E-state index contributed by atoms with van der Waals surface area (Å²) in [7, 11) is 2.00. The number of likely N-dealkylation sites (N-methyl/N-ethyl adjacent to an activating group) is 1. The maximum Gasteiger partial charge on any atom is 0.416 e. The van der Waals surface area contributed by atoms with Gasteiger partial charge in [0.05, 0.1) is 28.4 Å². The monoisotopic (exact) mass is 550 g/mol. The van der Waals surface area contributed by atoms with Crippen LogP contribution in [0.1, 0.15) is 28.7 Å². The molecule has 0 bridgehead atoms. The molecular weight excluding hydrogens is 517 g/mol. The van der Waals surface area contributed by atoms with Gasteiger partial charge in [0.2, 0.25) is 0 Å². The third-order valence-corrected chi connectivity index (χ3v) is 6.70. The quantitative estimate of drug-likeness (QED) is 0.188. The molecule has 1 amide bonds. The van der Waals surface area contributed by atoms with Crippen LogP contribution in [-0.4, -0.2) is 65.1 Å². The van der Waals surface area contributed by atoms with Crippen molar-refractivity contribution >= 4 is 17.1 Å². The summed E-state index contributed by atoms with van der Waals surface area (Å²) < 4.78 is 43.4. The molecule has 1 saturated heterocycles. The highest BCUT2D eigenvalue weighted by atomic mass is 19.4. The van der Waals surface area contributed by atoms with Crippen molar-refractivity contribution in [2.45, 2.75) is 26.1 Å². The van der Waals surface area contributed by atoms with Crippen LogP contribution < -0.4 is 10.6 Å². The number of fused-ring (bicyclic) bond motifs is 1. The molecule has 2 aromatic heterocycles. The van der Waals surface area contributed by atoms with E-state index in [0.717, 1.165) is 35.8 Å². The third kappa shape index (κ3) is 7.52. The molecule has 40 heavy (non-hydrogen) atoms. The average Bonchev–Trinajstić information content (AvgIpc) is 3.31. The second-order valence-corrected chi connectivity index (χ2v) is 9.81. The first-order chi connectivity index (χ1) is 19.1. The zero-order chi connectivity index (χ0) is 28.7. The number of nitrogens with zero attached hydrogens (tertiary/aromatic N) is 4. The lowest BCUT2D eigenvalue weighted by molar-refractivity contribution is -0.138. The van der Waals surface area contributed by atoms with Crippen LogP contribution >= 0.6 is 0 Å². The van der Waals surface area contributed by atoms with Crippen molar-refractivity contribution < 1.29 is 18.0 Å². The van der Waals surface area contributed by atoms with Crippen LogP contribution in [0.4, 0.5) is 18.9 Å². The average molecular weight is 551 g/mol. The van der Waals surface area contributed by atoms with E-state index < -0.39 is 17.6 Å². The Kier molecular flexibility index (Phi) is 9.30. The molecule has 0 unspecified atom stereocenters. The van der Waals surface area contributed by atoms with E-state index in [2.05, 4.69) is 39.1 Å². The van der Waals surface area contributed by atoms with E-state index in [0.29, 0.717) is 26.1 Å². The lowest BCUT2D eigenvalue weighted by Gasteiger charge is -2.33. The second kappa shape index (κ2) is 12.9. The first kappa shape index (κ1) is 28.9. The summed E-state index contributed by atoms with van der Waals surface area (Å²) in [5, 5.41) is 9.86. The first-order valence-electron chi connectivity index (χ1n) is 13.1. The van der Waals surface area contributed by atoms with Crippen LogP contribution in [0.15, 0.2) is 67.2 Å². The van der Waals surface area contributed by atoms with E-state index in [9.17, 15) is 18.0 Å². The molecule has 3 aromatic rings. The number of rotatable bonds is 8. The number of carbonyl (C=O) groups excluding carboxylic acids is 1. The van der Waals surface area contributed by atoms with Crippen LogP contribution in [-0.2, 0) is 17.5 Å². The lowest BCUT2D eigenvalue weighted by atomic mass is 10.0. The van der Waals surface area contributed by atoms with Crippen molar-refractivity contribution in [1.82, 2.24) is 24.7 Å². The number of alkyl halides is 3. The number of aryl methyl sites for hydroxylation is 1. The highest BCUT2D eigenvalue weighted by Crippen LogP contribution is 2.34. The van der Waals surface area contributed by atoms with Crippen LogP contribution in [0.3, 0.4) is 0 Å². The third-order valence-electron chi connectivity index (χ3n) is 6.70. The van der Waals surface area contributed by atoms with E-state index in [4.69, 9.17) is 0 Å². The molecule has 210 valence electrons. The van der Waals surface area contributed by atoms with E-state index >= 15 is 0 Å². The summed E-state index contributed by atoms with van der Waals surface area (Å²) in [5.41, 5.74) is 2.60. The lowest BCUT2D eigenvalue weighted by Crippen LogP contribution is -2.44. The molecule has 1 aliphatic heterocycles. The molecule has 1 fully saturated rings. The number of hydrogen-bond donors (Lipinski definition) is 2. The van der Waals surface area contributed by atoms with Crippen molar-refractivity contribution in [3.63, 3.8) is 0 Å². The fourth-order valence-electron chi connectivity index (χ4n) is 4.38. The Balaban J connectivity index is 1.34. The summed E-state index contributed by atoms with van der Waals surface area (Å²) >= 11 is 0.